The van der Waals surface area contributed by atoms with Crippen molar-refractivity contribution < 1.29 is 27.3 Å². The normalized spacial score (nSPS) is 14.1. The van der Waals surface area contributed by atoms with Crippen molar-refractivity contribution in [2.24, 2.45) is 0 Å². The smallest absolute Gasteiger partial charge is 0.337 e. The number of ether oxygens (including phenoxy) is 1. The van der Waals surface area contributed by atoms with Gasteiger partial charge in [0.25, 0.3) is 15.9 Å². The van der Waals surface area contributed by atoms with Crippen LogP contribution in [0.1, 0.15) is 33.7 Å². The maximum Gasteiger partial charge on any atom is 0.337 e. The first kappa shape index (κ1) is 19.9. The third-order valence-electron chi connectivity index (χ3n) is 4.91. The predicted molar refractivity (Wildman–Crippen MR) is 108 cm³/mol. The average Bonchev–Trinajstić information content (AvgIpc) is 3.42. The van der Waals surface area contributed by atoms with E-state index in [1.165, 1.54) is 49.6 Å². The number of amides is 1. The van der Waals surface area contributed by atoms with Crippen molar-refractivity contribution in [2.75, 3.05) is 24.9 Å². The van der Waals surface area contributed by atoms with E-state index >= 15 is 0 Å². The number of rotatable bonds is 5. The largest absolute Gasteiger partial charge is 0.465 e. The molecule has 1 saturated heterocycles. The summed E-state index contributed by atoms with van der Waals surface area (Å²) >= 11 is 0. The molecule has 9 nitrogen and oxygen atoms in total. The van der Waals surface area contributed by atoms with Crippen LogP contribution in [0.2, 0.25) is 0 Å². The highest BCUT2D eigenvalue weighted by Crippen LogP contribution is 2.26. The fraction of sp³-hybridized carbons (Fsp3) is 0.250. The molecule has 4 rings (SSSR count). The van der Waals surface area contributed by atoms with Crippen molar-refractivity contribution in [2.45, 2.75) is 17.7 Å². The molecule has 2 aromatic carbocycles. The lowest BCUT2D eigenvalue weighted by Crippen LogP contribution is -2.28. The summed E-state index contributed by atoms with van der Waals surface area (Å²) in [6.45, 7) is 1.29. The van der Waals surface area contributed by atoms with E-state index in [-0.39, 0.29) is 22.2 Å². The number of benzene rings is 2. The summed E-state index contributed by atoms with van der Waals surface area (Å²) in [5.74, 6) is -0.787. The van der Waals surface area contributed by atoms with Gasteiger partial charge in [0.15, 0.2) is 11.3 Å². The number of sulfonamides is 1. The number of aromatic nitrogens is 1. The standard InChI is InChI=1S/C20H19N3O6S/c1-28-20(25)13-4-6-14(7-5-13)22-30(26,27)15-8-9-17-16(12-15)18(21-29-17)19(24)23-10-2-3-11-23/h4-9,12,22H,2-3,10-11H2,1H3. The molecule has 10 heteroatoms. The Balaban J connectivity index is 1.62. The van der Waals surface area contributed by atoms with Gasteiger partial charge in [-0.3, -0.25) is 9.52 Å². The molecule has 0 atom stereocenters. The number of likely N-dealkylation sites (tertiary alicyclic amines) is 1. The Kier molecular flexibility index (Phi) is 5.17. The van der Waals surface area contributed by atoms with E-state index in [1.807, 2.05) is 0 Å². The van der Waals surface area contributed by atoms with Crippen LogP contribution in [0.5, 0.6) is 0 Å². The number of methoxy groups -OCH3 is 1. The van der Waals surface area contributed by atoms with Crippen molar-refractivity contribution in [3.63, 3.8) is 0 Å². The Hall–Kier alpha value is -3.40. The maximum atomic E-state index is 12.8. The van der Waals surface area contributed by atoms with E-state index in [4.69, 9.17) is 4.52 Å². The van der Waals surface area contributed by atoms with Gasteiger partial charge in [-0.15, -0.1) is 0 Å². The molecule has 156 valence electrons. The summed E-state index contributed by atoms with van der Waals surface area (Å²) in [4.78, 5) is 25.8. The maximum absolute atomic E-state index is 12.8. The summed E-state index contributed by atoms with van der Waals surface area (Å²) in [7, 11) is -2.68. The van der Waals surface area contributed by atoms with E-state index in [2.05, 4.69) is 14.6 Å². The zero-order valence-corrected chi connectivity index (χ0v) is 16.9. The van der Waals surface area contributed by atoms with Crippen molar-refractivity contribution in [3.8, 4) is 0 Å². The number of anilines is 1. The number of esters is 1. The van der Waals surface area contributed by atoms with Crippen LogP contribution in [0.4, 0.5) is 5.69 Å². The van der Waals surface area contributed by atoms with Crippen LogP contribution in [0.25, 0.3) is 11.0 Å². The van der Waals surface area contributed by atoms with Crippen molar-refractivity contribution in [1.29, 1.82) is 0 Å². The van der Waals surface area contributed by atoms with Crippen LogP contribution in [0.15, 0.2) is 51.9 Å². The minimum absolute atomic E-state index is 0.0364. The molecule has 3 aromatic rings. The molecule has 0 aliphatic carbocycles. The molecule has 0 saturated carbocycles. The first-order valence-electron chi connectivity index (χ1n) is 9.29. The van der Waals surface area contributed by atoms with Gasteiger partial charge in [-0.25, -0.2) is 13.2 Å². The molecule has 1 fully saturated rings. The highest BCUT2D eigenvalue weighted by molar-refractivity contribution is 7.92. The summed E-state index contributed by atoms with van der Waals surface area (Å²) in [6, 6.07) is 10.1. The first-order valence-corrected chi connectivity index (χ1v) is 10.8. The number of carbonyl (C=O) groups excluding carboxylic acids is 2. The van der Waals surface area contributed by atoms with Crippen LogP contribution in [0.3, 0.4) is 0 Å². The number of fused-ring (bicyclic) bond motifs is 1. The van der Waals surface area contributed by atoms with Gasteiger partial charge >= 0.3 is 5.97 Å². The Morgan fingerprint density at radius 2 is 1.80 bits per heavy atom. The van der Waals surface area contributed by atoms with Gasteiger partial charge in [0.2, 0.25) is 0 Å². The average molecular weight is 429 g/mol. The van der Waals surface area contributed by atoms with Gasteiger partial charge in [0.1, 0.15) is 0 Å². The van der Waals surface area contributed by atoms with Gasteiger partial charge in [-0.2, -0.15) is 0 Å². The minimum atomic E-state index is -3.94. The van der Waals surface area contributed by atoms with Crippen LogP contribution in [-0.2, 0) is 14.8 Å². The summed E-state index contributed by atoms with van der Waals surface area (Å²) in [5, 5.41) is 4.20. The Bertz CT molecular complexity index is 1210. The Labute approximate surface area is 172 Å². The molecule has 1 aromatic heterocycles. The molecule has 1 aliphatic rings. The first-order chi connectivity index (χ1) is 14.4. The van der Waals surface area contributed by atoms with Crippen LogP contribution >= 0.6 is 0 Å². The van der Waals surface area contributed by atoms with Crippen LogP contribution in [0, 0.1) is 0 Å². The lowest BCUT2D eigenvalue weighted by molar-refractivity contribution is 0.0600. The third kappa shape index (κ3) is 3.73. The monoisotopic (exact) mass is 429 g/mol. The van der Waals surface area contributed by atoms with Gasteiger partial charge in [0.05, 0.1) is 23.0 Å². The summed E-state index contributed by atoms with van der Waals surface area (Å²) in [6.07, 6.45) is 1.86. The van der Waals surface area contributed by atoms with Crippen molar-refractivity contribution in [3.05, 3.63) is 53.7 Å². The molecule has 30 heavy (non-hydrogen) atoms. The summed E-state index contributed by atoms with van der Waals surface area (Å²) < 4.78 is 37.9. The zero-order valence-electron chi connectivity index (χ0n) is 16.1. The van der Waals surface area contributed by atoms with Gasteiger partial charge in [0, 0.05) is 18.8 Å². The van der Waals surface area contributed by atoms with Crippen LogP contribution < -0.4 is 4.72 Å². The fourth-order valence-corrected chi connectivity index (χ4v) is 4.40. The van der Waals surface area contributed by atoms with E-state index < -0.39 is 16.0 Å². The van der Waals surface area contributed by atoms with E-state index in [1.54, 1.807) is 4.90 Å². The number of carbonyl (C=O) groups is 2. The molecule has 1 N–H and O–H groups in total. The van der Waals surface area contributed by atoms with Gasteiger partial charge < -0.3 is 14.2 Å². The molecule has 2 heterocycles. The Morgan fingerprint density at radius 1 is 1.10 bits per heavy atom. The predicted octanol–water partition coefficient (Wildman–Crippen LogP) is 2.65. The van der Waals surface area contributed by atoms with E-state index in [0.29, 0.717) is 29.6 Å². The highest BCUT2D eigenvalue weighted by atomic mass is 32.2. The molecule has 0 bridgehead atoms. The van der Waals surface area contributed by atoms with Crippen LogP contribution in [-0.4, -0.2) is 50.6 Å². The second kappa shape index (κ2) is 7.79. The van der Waals surface area contributed by atoms with Gasteiger partial charge in [-0.1, -0.05) is 5.16 Å². The quantitative estimate of drug-likeness (QED) is 0.619. The molecular formula is C20H19N3O6S. The zero-order chi connectivity index (χ0) is 21.3. The molecule has 0 spiro atoms. The lowest BCUT2D eigenvalue weighted by atomic mass is 10.2. The minimum Gasteiger partial charge on any atom is -0.465 e. The SMILES string of the molecule is COC(=O)c1ccc(NS(=O)(=O)c2ccc3onc(C(=O)N4CCCC4)c3c2)cc1. The Morgan fingerprint density at radius 3 is 2.47 bits per heavy atom. The molecule has 0 radical (unpaired) electrons. The molecule has 0 unspecified atom stereocenters. The molecule has 1 amide bonds. The van der Waals surface area contributed by atoms with E-state index in [0.717, 1.165) is 12.8 Å². The van der Waals surface area contributed by atoms with Crippen molar-refractivity contribution >= 4 is 38.6 Å². The second-order valence-corrected chi connectivity index (χ2v) is 8.55. The van der Waals surface area contributed by atoms with Crippen molar-refractivity contribution in [1.82, 2.24) is 10.1 Å². The number of hydrogen-bond acceptors (Lipinski definition) is 7. The second-order valence-electron chi connectivity index (χ2n) is 6.86. The third-order valence-corrected chi connectivity index (χ3v) is 6.28. The van der Waals surface area contributed by atoms with E-state index in [9.17, 15) is 18.0 Å². The topological polar surface area (TPSA) is 119 Å². The molecule has 1 aliphatic heterocycles. The highest BCUT2D eigenvalue weighted by Gasteiger charge is 2.26. The molecular weight excluding hydrogens is 410 g/mol. The lowest BCUT2D eigenvalue weighted by Gasteiger charge is -2.13. The van der Waals surface area contributed by atoms with Gasteiger partial charge in [-0.05, 0) is 55.3 Å². The number of nitrogens with one attached hydrogen (secondary N) is 1. The summed E-state index contributed by atoms with van der Waals surface area (Å²) in [5.41, 5.74) is 1.02. The number of nitrogens with zero attached hydrogens (tertiary/aromatic N) is 2. The fourth-order valence-electron chi connectivity index (χ4n) is 3.32. The number of hydrogen-bond donors (Lipinski definition) is 1.